The lowest BCUT2D eigenvalue weighted by atomic mass is 9.44. The van der Waals surface area contributed by atoms with Crippen LogP contribution in [-0.4, -0.2) is 41.0 Å². The van der Waals surface area contributed by atoms with Gasteiger partial charge in [0.25, 0.3) is 0 Å². The Morgan fingerprint density at radius 1 is 1.00 bits per heavy atom. The van der Waals surface area contributed by atoms with Crippen molar-refractivity contribution in [2.75, 3.05) is 0 Å². The van der Waals surface area contributed by atoms with Gasteiger partial charge in [-0.2, -0.15) is 0 Å². The predicted octanol–water partition coefficient (Wildman–Crippen LogP) is 3.77. The van der Waals surface area contributed by atoms with E-state index in [-0.39, 0.29) is 46.9 Å². The SMILES string of the molecule is CC(=O)O[C@@H]1CC[C@@]2(C)[C@@H](CC[C@H]3[C@@H]4CC[C@H]([C@@H](OC(C)=O)C(=O)O)[C@@]4(C)CC(=O)[C@@H]32)C1. The molecule has 0 spiro atoms. The Morgan fingerprint density at radius 2 is 1.72 bits per heavy atom. The van der Waals surface area contributed by atoms with Crippen molar-refractivity contribution in [3.05, 3.63) is 0 Å². The molecule has 7 nitrogen and oxygen atoms in total. The highest BCUT2D eigenvalue weighted by atomic mass is 16.6. The normalized spacial score (nSPS) is 43.9. The highest BCUT2D eigenvalue weighted by Gasteiger charge is 2.65. The summed E-state index contributed by atoms with van der Waals surface area (Å²) in [7, 11) is 0. The van der Waals surface area contributed by atoms with Crippen LogP contribution < -0.4 is 0 Å². The number of Topliss-reactive ketones (excluding diaryl/α,β-unsaturated/α-hetero) is 1. The van der Waals surface area contributed by atoms with Crippen LogP contribution in [-0.2, 0) is 28.7 Å². The second-order valence-electron chi connectivity index (χ2n) is 11.2. The molecule has 4 saturated carbocycles. The smallest absolute Gasteiger partial charge is 0.345 e. The third-order valence-corrected chi connectivity index (χ3v) is 9.61. The number of hydrogen-bond donors (Lipinski definition) is 1. The molecule has 0 aromatic heterocycles. The number of ketones is 1. The standard InChI is InChI=1S/C25H36O7/c1-13(26)31-16-9-10-24(3)15(11-16)5-6-17-18-7-8-19(22(23(29)30)32-14(2)27)25(18,4)12-20(28)21(17)24/h15-19,21-22H,5-12H2,1-4H3,(H,29,30)/t15-,16+,17-,18-,19+,21+,22+,24-,25-/m0/s1. The minimum Gasteiger partial charge on any atom is -0.478 e. The largest absolute Gasteiger partial charge is 0.478 e. The predicted molar refractivity (Wildman–Crippen MR) is 114 cm³/mol. The highest BCUT2D eigenvalue weighted by molar-refractivity contribution is 5.85. The first-order valence-corrected chi connectivity index (χ1v) is 12.1. The zero-order valence-corrected chi connectivity index (χ0v) is 19.6. The minimum atomic E-state index is -1.20. The van der Waals surface area contributed by atoms with Gasteiger partial charge in [-0.3, -0.25) is 14.4 Å². The van der Waals surface area contributed by atoms with Crippen LogP contribution in [0.15, 0.2) is 0 Å². The quantitative estimate of drug-likeness (QED) is 0.652. The van der Waals surface area contributed by atoms with Crippen molar-refractivity contribution in [2.45, 2.75) is 91.3 Å². The molecule has 1 N–H and O–H groups in total. The Kier molecular flexibility index (Phi) is 5.91. The maximum absolute atomic E-state index is 13.7. The van der Waals surface area contributed by atoms with E-state index < -0.39 is 23.5 Å². The summed E-state index contributed by atoms with van der Waals surface area (Å²) in [6, 6.07) is 0. The van der Waals surface area contributed by atoms with Crippen LogP contribution in [0.1, 0.15) is 79.1 Å². The third-order valence-electron chi connectivity index (χ3n) is 9.61. The van der Waals surface area contributed by atoms with Crippen molar-refractivity contribution in [3.8, 4) is 0 Å². The average Bonchev–Trinajstić information content (AvgIpc) is 3.01. The molecule has 0 aromatic carbocycles. The summed E-state index contributed by atoms with van der Waals surface area (Å²) in [4.78, 5) is 48.7. The van der Waals surface area contributed by atoms with E-state index >= 15 is 0 Å². The highest BCUT2D eigenvalue weighted by Crippen LogP contribution is 2.67. The van der Waals surface area contributed by atoms with E-state index in [1.807, 2.05) is 0 Å². The lowest BCUT2D eigenvalue weighted by Crippen LogP contribution is -2.58. The van der Waals surface area contributed by atoms with Gasteiger partial charge in [0.1, 0.15) is 11.9 Å². The van der Waals surface area contributed by atoms with Crippen LogP contribution in [0.4, 0.5) is 0 Å². The van der Waals surface area contributed by atoms with Crippen LogP contribution >= 0.6 is 0 Å². The maximum Gasteiger partial charge on any atom is 0.345 e. The molecule has 4 aliphatic rings. The maximum atomic E-state index is 13.7. The van der Waals surface area contributed by atoms with Crippen molar-refractivity contribution < 1.29 is 33.8 Å². The summed E-state index contributed by atoms with van der Waals surface area (Å²) in [6.07, 6.45) is 5.08. The molecular formula is C25H36O7. The number of hydrogen-bond acceptors (Lipinski definition) is 6. The second kappa shape index (κ2) is 8.14. The Bertz CT molecular complexity index is 821. The number of fused-ring (bicyclic) bond motifs is 5. The Balaban J connectivity index is 1.59. The Hall–Kier alpha value is -1.92. The molecule has 0 saturated heterocycles. The number of rotatable bonds is 4. The number of esters is 2. The summed E-state index contributed by atoms with van der Waals surface area (Å²) in [5.41, 5.74) is -0.562. The lowest BCUT2D eigenvalue weighted by molar-refractivity contribution is -0.179. The molecule has 0 radical (unpaired) electrons. The average molecular weight is 449 g/mol. The Labute approximate surface area is 189 Å². The number of ether oxygens (including phenoxy) is 2. The van der Waals surface area contributed by atoms with E-state index in [1.165, 1.54) is 13.8 Å². The van der Waals surface area contributed by atoms with E-state index in [9.17, 15) is 24.3 Å². The molecule has 9 atom stereocenters. The summed E-state index contributed by atoms with van der Waals surface area (Å²) < 4.78 is 10.7. The van der Waals surface area contributed by atoms with Crippen LogP contribution in [0, 0.1) is 40.4 Å². The van der Waals surface area contributed by atoms with Gasteiger partial charge in [0.15, 0.2) is 0 Å². The first kappa shape index (κ1) is 23.2. The second-order valence-corrected chi connectivity index (χ2v) is 11.2. The van der Waals surface area contributed by atoms with E-state index in [0.717, 1.165) is 38.5 Å². The van der Waals surface area contributed by atoms with Gasteiger partial charge < -0.3 is 14.6 Å². The molecule has 0 amide bonds. The van der Waals surface area contributed by atoms with Gasteiger partial charge in [-0.1, -0.05) is 13.8 Å². The molecule has 178 valence electrons. The molecule has 32 heavy (non-hydrogen) atoms. The summed E-state index contributed by atoms with van der Waals surface area (Å²) in [5, 5.41) is 9.77. The number of carbonyl (C=O) groups is 4. The molecule has 0 aromatic rings. The van der Waals surface area contributed by atoms with Crippen LogP contribution in [0.3, 0.4) is 0 Å². The van der Waals surface area contributed by atoms with Gasteiger partial charge >= 0.3 is 17.9 Å². The number of aliphatic carboxylic acids is 1. The molecule has 4 fully saturated rings. The van der Waals surface area contributed by atoms with E-state index in [0.29, 0.717) is 18.8 Å². The van der Waals surface area contributed by atoms with Gasteiger partial charge in [-0.05, 0) is 73.5 Å². The van der Waals surface area contributed by atoms with Gasteiger partial charge in [-0.25, -0.2) is 4.79 Å². The van der Waals surface area contributed by atoms with Crippen LogP contribution in [0.2, 0.25) is 0 Å². The zero-order valence-electron chi connectivity index (χ0n) is 19.6. The zero-order chi connectivity index (χ0) is 23.4. The van der Waals surface area contributed by atoms with Crippen molar-refractivity contribution in [1.82, 2.24) is 0 Å². The molecule has 0 heterocycles. The fourth-order valence-corrected chi connectivity index (χ4v) is 8.39. The first-order valence-electron chi connectivity index (χ1n) is 12.1. The van der Waals surface area contributed by atoms with Crippen molar-refractivity contribution in [3.63, 3.8) is 0 Å². The molecule has 7 heteroatoms. The van der Waals surface area contributed by atoms with Crippen molar-refractivity contribution in [1.29, 1.82) is 0 Å². The van der Waals surface area contributed by atoms with E-state index in [1.54, 1.807) is 0 Å². The van der Waals surface area contributed by atoms with Gasteiger partial charge in [-0.15, -0.1) is 0 Å². The third kappa shape index (κ3) is 3.65. The lowest BCUT2D eigenvalue weighted by Gasteiger charge is -2.60. The minimum absolute atomic E-state index is 0.0200. The number of carboxylic acids is 1. The topological polar surface area (TPSA) is 107 Å². The first-order chi connectivity index (χ1) is 15.0. The molecule has 4 aliphatic carbocycles. The van der Waals surface area contributed by atoms with Crippen LogP contribution in [0.25, 0.3) is 0 Å². The van der Waals surface area contributed by atoms with Gasteiger partial charge in [0, 0.05) is 32.1 Å². The fourth-order valence-electron chi connectivity index (χ4n) is 8.39. The summed E-state index contributed by atoms with van der Waals surface area (Å²) in [5.74, 6) is -1.22. The molecule has 0 aliphatic heterocycles. The fraction of sp³-hybridized carbons (Fsp3) is 0.840. The number of carboxylic acid groups (broad SMARTS) is 1. The molecular weight excluding hydrogens is 412 g/mol. The van der Waals surface area contributed by atoms with Crippen molar-refractivity contribution >= 4 is 23.7 Å². The van der Waals surface area contributed by atoms with Gasteiger partial charge in [0.2, 0.25) is 6.10 Å². The number of carbonyl (C=O) groups excluding carboxylic acids is 3. The van der Waals surface area contributed by atoms with Crippen molar-refractivity contribution in [2.24, 2.45) is 40.4 Å². The molecule has 0 bridgehead atoms. The van der Waals surface area contributed by atoms with Crippen LogP contribution in [0.5, 0.6) is 0 Å². The summed E-state index contributed by atoms with van der Waals surface area (Å²) >= 11 is 0. The van der Waals surface area contributed by atoms with Gasteiger partial charge in [0.05, 0.1) is 0 Å². The van der Waals surface area contributed by atoms with E-state index in [4.69, 9.17) is 9.47 Å². The monoisotopic (exact) mass is 448 g/mol. The molecule has 0 unspecified atom stereocenters. The summed E-state index contributed by atoms with van der Waals surface area (Å²) in [6.45, 7) is 6.99. The Morgan fingerprint density at radius 3 is 2.34 bits per heavy atom. The van der Waals surface area contributed by atoms with E-state index in [2.05, 4.69) is 13.8 Å². The molecule has 4 rings (SSSR count).